The average molecular weight is 760 g/mol. The van der Waals surface area contributed by atoms with Crippen molar-refractivity contribution >= 4 is 98.8 Å². The smallest absolute Gasteiger partial charge is 0.316 e. The Hall–Kier alpha value is -5.58. The molecule has 5 aromatic rings. The molecule has 1 aromatic heterocycles. The molecule has 22 heteroatoms. The highest BCUT2D eigenvalue weighted by atomic mass is 35.5. The van der Waals surface area contributed by atoms with E-state index in [1.807, 2.05) is 0 Å². The SMILES string of the molecule is C=CS(=O)(=O)c1ccc(S(=O)(=O)O)c(Nc2nc(Cl)nc(Nc3ccc(N=Nc4ccc(S(=O)(=O)O)c5ccccc45)c(NC(N)=O)c3)n2)c1. The lowest BCUT2D eigenvalue weighted by molar-refractivity contribution is 0.259. The molecule has 0 fully saturated rings. The van der Waals surface area contributed by atoms with Crippen LogP contribution in [-0.2, 0) is 30.1 Å². The fraction of sp³-hybridized carbons (Fsp3) is 0. The van der Waals surface area contributed by atoms with Gasteiger partial charge < -0.3 is 21.7 Å². The number of anilines is 5. The minimum atomic E-state index is -4.85. The fourth-order valence-corrected chi connectivity index (χ4v) is 6.64. The Morgan fingerprint density at radius 2 is 1.36 bits per heavy atom. The number of halogens is 1. The maximum atomic E-state index is 12.3. The monoisotopic (exact) mass is 759 g/mol. The number of primary amides is 1. The maximum absolute atomic E-state index is 12.3. The largest absolute Gasteiger partial charge is 0.351 e. The number of amides is 2. The summed E-state index contributed by atoms with van der Waals surface area (Å²) in [6.07, 6.45) is 0. The molecule has 0 saturated carbocycles. The van der Waals surface area contributed by atoms with E-state index in [1.54, 1.807) is 18.2 Å². The number of benzene rings is 4. The molecule has 50 heavy (non-hydrogen) atoms. The lowest BCUT2D eigenvalue weighted by Crippen LogP contribution is -2.19. The van der Waals surface area contributed by atoms with Crippen molar-refractivity contribution in [1.82, 2.24) is 15.0 Å². The summed E-state index contributed by atoms with van der Waals surface area (Å²) in [6.45, 7) is 3.23. The van der Waals surface area contributed by atoms with Gasteiger partial charge in [0.2, 0.25) is 17.2 Å². The maximum Gasteiger partial charge on any atom is 0.316 e. The Labute approximate surface area is 288 Å². The van der Waals surface area contributed by atoms with Gasteiger partial charge in [0.25, 0.3) is 20.2 Å². The van der Waals surface area contributed by atoms with E-state index in [2.05, 4.69) is 47.7 Å². The summed E-state index contributed by atoms with van der Waals surface area (Å²) >= 11 is 6.07. The van der Waals surface area contributed by atoms with Gasteiger partial charge in [-0.25, -0.2) is 13.2 Å². The highest BCUT2D eigenvalue weighted by molar-refractivity contribution is 7.94. The molecule has 0 radical (unpaired) electrons. The third-order valence-corrected chi connectivity index (χ3v) is 9.89. The first kappa shape index (κ1) is 35.7. The van der Waals surface area contributed by atoms with E-state index in [9.17, 15) is 39.2 Å². The minimum Gasteiger partial charge on any atom is -0.351 e. The molecule has 0 aliphatic carbocycles. The second-order valence-corrected chi connectivity index (χ2v) is 14.9. The van der Waals surface area contributed by atoms with E-state index in [0.717, 1.165) is 18.2 Å². The first-order chi connectivity index (χ1) is 23.4. The van der Waals surface area contributed by atoms with E-state index in [1.165, 1.54) is 36.4 Å². The Morgan fingerprint density at radius 3 is 2.00 bits per heavy atom. The first-order valence-corrected chi connectivity index (χ1v) is 18.3. The van der Waals surface area contributed by atoms with Crippen LogP contribution in [0.25, 0.3) is 10.8 Å². The van der Waals surface area contributed by atoms with Crippen LogP contribution in [-0.4, -0.2) is 55.3 Å². The zero-order valence-corrected chi connectivity index (χ0v) is 28.1. The zero-order valence-electron chi connectivity index (χ0n) is 24.9. The summed E-state index contributed by atoms with van der Waals surface area (Å²) in [4.78, 5) is 22.4. The van der Waals surface area contributed by atoms with E-state index in [0.29, 0.717) is 10.8 Å². The third kappa shape index (κ3) is 8.16. The highest BCUT2D eigenvalue weighted by Crippen LogP contribution is 2.35. The summed E-state index contributed by atoms with van der Waals surface area (Å²) in [5.41, 5.74) is 5.59. The Balaban J connectivity index is 1.47. The van der Waals surface area contributed by atoms with Gasteiger partial charge in [-0.15, -0.1) is 10.2 Å². The predicted octanol–water partition coefficient (Wildman–Crippen LogP) is 5.48. The lowest BCUT2D eigenvalue weighted by Gasteiger charge is -2.13. The van der Waals surface area contributed by atoms with Gasteiger partial charge in [-0.2, -0.15) is 31.8 Å². The molecule has 0 aliphatic heterocycles. The van der Waals surface area contributed by atoms with Crippen LogP contribution in [0.5, 0.6) is 0 Å². The topological polar surface area (TPSA) is 285 Å². The number of carbonyl (C=O) groups excluding carboxylic acids is 1. The second kappa shape index (κ2) is 13.7. The summed E-state index contributed by atoms with van der Waals surface area (Å²) in [6, 6.07) is 14.9. The summed E-state index contributed by atoms with van der Waals surface area (Å²) in [7, 11) is -13.4. The van der Waals surface area contributed by atoms with Crippen molar-refractivity contribution in [3.05, 3.63) is 90.1 Å². The molecule has 0 spiro atoms. The number of nitrogens with zero attached hydrogens (tertiary/aromatic N) is 5. The van der Waals surface area contributed by atoms with Crippen molar-refractivity contribution in [3.63, 3.8) is 0 Å². The van der Waals surface area contributed by atoms with Crippen molar-refractivity contribution in [1.29, 1.82) is 0 Å². The number of sulfone groups is 1. The van der Waals surface area contributed by atoms with Crippen LogP contribution in [0, 0.1) is 0 Å². The normalized spacial score (nSPS) is 12.1. The van der Waals surface area contributed by atoms with Gasteiger partial charge in [0, 0.05) is 21.9 Å². The lowest BCUT2D eigenvalue weighted by atomic mass is 10.1. The number of hydrogen-bond donors (Lipinski definition) is 6. The van der Waals surface area contributed by atoms with Gasteiger partial charge in [-0.1, -0.05) is 30.8 Å². The minimum absolute atomic E-state index is 0.0571. The molecule has 5 rings (SSSR count). The standard InChI is InChI=1S/C28H22ClN9O9S3/c1-2-48(40,41)16-8-11-24(50(45,46)47)22(14-16)33-28-35-25(29)34-27(36-28)31-15-7-9-20(21(13-15)32-26(30)39)38-37-19-10-12-23(49(42,43)44)18-6-4-3-5-17(18)19/h2-14H,1H2,(H3,30,32,39)(H,42,43,44)(H,45,46,47)(H2,31,33,34,35,36). The molecule has 258 valence electrons. The van der Waals surface area contributed by atoms with Crippen LogP contribution >= 0.6 is 11.6 Å². The number of hydrogen-bond acceptors (Lipinski definition) is 14. The number of rotatable bonds is 11. The third-order valence-electron chi connectivity index (χ3n) is 6.55. The molecule has 18 nitrogen and oxygen atoms in total. The first-order valence-electron chi connectivity index (χ1n) is 13.5. The van der Waals surface area contributed by atoms with Crippen molar-refractivity contribution in [2.24, 2.45) is 16.0 Å². The molecule has 0 bridgehead atoms. The number of nitrogens with one attached hydrogen (secondary N) is 3. The molecule has 4 aromatic carbocycles. The van der Waals surface area contributed by atoms with Gasteiger partial charge in [-0.05, 0) is 60.1 Å². The van der Waals surface area contributed by atoms with Crippen LogP contribution in [0.3, 0.4) is 0 Å². The van der Waals surface area contributed by atoms with Crippen LogP contribution in [0.15, 0.2) is 110 Å². The van der Waals surface area contributed by atoms with Gasteiger partial charge in [-0.3, -0.25) is 9.11 Å². The van der Waals surface area contributed by atoms with Crippen molar-refractivity contribution in [3.8, 4) is 0 Å². The molecular weight excluding hydrogens is 738 g/mol. The quantitative estimate of drug-likeness (QED) is 0.0718. The van der Waals surface area contributed by atoms with Gasteiger partial charge in [0.05, 0.1) is 22.0 Å². The summed E-state index contributed by atoms with van der Waals surface area (Å²) in [5, 5.41) is 16.9. The Bertz CT molecular complexity index is 2570. The van der Waals surface area contributed by atoms with Crippen molar-refractivity contribution < 1.29 is 39.2 Å². The van der Waals surface area contributed by atoms with E-state index in [-0.39, 0.29) is 55.1 Å². The van der Waals surface area contributed by atoms with E-state index in [4.69, 9.17) is 17.3 Å². The average Bonchev–Trinajstić information content (AvgIpc) is 3.02. The van der Waals surface area contributed by atoms with Crippen molar-refractivity contribution in [2.75, 3.05) is 16.0 Å². The van der Waals surface area contributed by atoms with Crippen LogP contribution in [0.4, 0.5) is 45.1 Å². The van der Waals surface area contributed by atoms with Gasteiger partial charge in [0.15, 0.2) is 9.84 Å². The number of nitrogens with two attached hydrogens (primary N) is 1. The fourth-order valence-electron chi connectivity index (χ4n) is 4.43. The number of azo groups is 1. The molecule has 0 aliphatic rings. The molecule has 0 saturated heterocycles. The number of carbonyl (C=O) groups is 1. The number of urea groups is 1. The van der Waals surface area contributed by atoms with E-state index < -0.39 is 46.7 Å². The van der Waals surface area contributed by atoms with Gasteiger partial charge >= 0.3 is 6.03 Å². The molecule has 0 atom stereocenters. The summed E-state index contributed by atoms with van der Waals surface area (Å²) < 4.78 is 91.6. The van der Waals surface area contributed by atoms with Crippen LogP contribution in [0.2, 0.25) is 5.28 Å². The number of aromatic nitrogens is 3. The van der Waals surface area contributed by atoms with E-state index >= 15 is 0 Å². The van der Waals surface area contributed by atoms with Crippen molar-refractivity contribution in [2.45, 2.75) is 14.7 Å². The molecule has 0 unspecified atom stereocenters. The molecule has 2 amide bonds. The molecule has 1 heterocycles. The number of fused-ring (bicyclic) bond motifs is 1. The van der Waals surface area contributed by atoms with Gasteiger partial charge in [0.1, 0.15) is 15.5 Å². The van der Waals surface area contributed by atoms with Crippen LogP contribution in [0.1, 0.15) is 0 Å². The molecular formula is C28H22ClN9O9S3. The molecule has 7 N–H and O–H groups in total. The zero-order chi connectivity index (χ0) is 36.4. The Kier molecular flexibility index (Phi) is 9.81. The highest BCUT2D eigenvalue weighted by Gasteiger charge is 2.21. The predicted molar refractivity (Wildman–Crippen MR) is 183 cm³/mol. The Morgan fingerprint density at radius 1 is 0.760 bits per heavy atom. The summed E-state index contributed by atoms with van der Waals surface area (Å²) in [5.74, 6) is -0.570. The second-order valence-electron chi connectivity index (χ2n) is 9.87. The van der Waals surface area contributed by atoms with Crippen LogP contribution < -0.4 is 21.7 Å².